The van der Waals surface area contributed by atoms with Crippen molar-refractivity contribution in [3.63, 3.8) is 0 Å². The van der Waals surface area contributed by atoms with Crippen LogP contribution in [0.5, 0.6) is 0 Å². The maximum Gasteiger partial charge on any atom is 0.229 e. The number of hydrogen-bond acceptors (Lipinski definition) is 8. The lowest BCUT2D eigenvalue weighted by atomic mass is 10.2. The van der Waals surface area contributed by atoms with Gasteiger partial charge in [-0.2, -0.15) is 15.0 Å². The van der Waals surface area contributed by atoms with Crippen LogP contribution in [-0.4, -0.2) is 81.1 Å². The number of aromatic nitrogens is 6. The molecule has 0 amide bonds. The van der Waals surface area contributed by atoms with Gasteiger partial charge in [0.2, 0.25) is 11.9 Å². The number of imidazole rings is 1. The average molecular weight is 435 g/mol. The smallest absolute Gasteiger partial charge is 0.229 e. The van der Waals surface area contributed by atoms with Crippen molar-refractivity contribution in [1.29, 1.82) is 0 Å². The van der Waals surface area contributed by atoms with Crippen molar-refractivity contribution in [3.05, 3.63) is 30.6 Å². The van der Waals surface area contributed by atoms with E-state index in [1.165, 1.54) is 0 Å². The maximum atomic E-state index is 5.67. The molecule has 166 valence electrons. The standard InChI is InChI=1S/C22H26N8O2/c1-14-12-31-10-8-28(14)20-17-18(26-22(27-20)29-9-11-32-13-15(29)2)25-21(24-17)30-7-5-16-4-3-6-23-19(16)30/h3-7,14-15H,8-13H2,1-2H3,(H,24,25,26,27)/t14-,15-/m0/s1. The highest BCUT2D eigenvalue weighted by molar-refractivity contribution is 5.87. The molecule has 4 aromatic heterocycles. The van der Waals surface area contributed by atoms with E-state index < -0.39 is 0 Å². The summed E-state index contributed by atoms with van der Waals surface area (Å²) >= 11 is 0. The zero-order chi connectivity index (χ0) is 21.7. The Morgan fingerprint density at radius 3 is 2.53 bits per heavy atom. The molecule has 0 unspecified atom stereocenters. The van der Waals surface area contributed by atoms with E-state index in [2.05, 4.69) is 33.6 Å². The second kappa shape index (κ2) is 7.72. The van der Waals surface area contributed by atoms with Crippen LogP contribution in [0.4, 0.5) is 11.8 Å². The van der Waals surface area contributed by atoms with Gasteiger partial charge in [-0.05, 0) is 32.0 Å². The third-order valence-electron chi connectivity index (χ3n) is 6.25. The summed E-state index contributed by atoms with van der Waals surface area (Å²) in [7, 11) is 0. The van der Waals surface area contributed by atoms with Gasteiger partial charge in [-0.3, -0.25) is 4.57 Å². The Labute approximate surface area is 185 Å². The van der Waals surface area contributed by atoms with Gasteiger partial charge in [0.05, 0.1) is 38.5 Å². The lowest BCUT2D eigenvalue weighted by Crippen LogP contribution is -2.46. The molecular formula is C22H26N8O2. The SMILES string of the molecule is C[C@H]1COCCN1c1nc(N2CCOC[C@@H]2C)c2[nH]c(-n3ccc4cccnc43)nc2n1. The van der Waals surface area contributed by atoms with Gasteiger partial charge in [0.15, 0.2) is 11.5 Å². The highest BCUT2D eigenvalue weighted by atomic mass is 16.5. The van der Waals surface area contributed by atoms with E-state index in [-0.39, 0.29) is 12.1 Å². The number of H-pyrrole nitrogens is 1. The number of ether oxygens (including phenoxy) is 2. The van der Waals surface area contributed by atoms with Crippen LogP contribution in [0.15, 0.2) is 30.6 Å². The first-order valence-electron chi connectivity index (χ1n) is 11.1. The number of nitrogens with zero attached hydrogens (tertiary/aromatic N) is 7. The molecule has 10 heteroatoms. The Morgan fingerprint density at radius 2 is 1.75 bits per heavy atom. The van der Waals surface area contributed by atoms with Crippen LogP contribution < -0.4 is 9.80 Å². The molecule has 0 saturated carbocycles. The summed E-state index contributed by atoms with van der Waals surface area (Å²) in [5.41, 5.74) is 2.33. The first-order valence-corrected chi connectivity index (χ1v) is 11.1. The van der Waals surface area contributed by atoms with E-state index in [0.717, 1.165) is 35.5 Å². The maximum absolute atomic E-state index is 5.67. The molecule has 2 fully saturated rings. The molecule has 2 atom stereocenters. The van der Waals surface area contributed by atoms with E-state index in [0.29, 0.717) is 44.0 Å². The third-order valence-corrected chi connectivity index (χ3v) is 6.25. The molecular weight excluding hydrogens is 408 g/mol. The number of nitrogens with one attached hydrogen (secondary N) is 1. The number of fused-ring (bicyclic) bond motifs is 2. The van der Waals surface area contributed by atoms with Crippen LogP contribution >= 0.6 is 0 Å². The fourth-order valence-electron chi connectivity index (χ4n) is 4.51. The van der Waals surface area contributed by atoms with Crippen LogP contribution in [0.2, 0.25) is 0 Å². The predicted molar refractivity (Wildman–Crippen MR) is 122 cm³/mol. The van der Waals surface area contributed by atoms with E-state index in [1.54, 1.807) is 6.20 Å². The van der Waals surface area contributed by atoms with Gasteiger partial charge in [-0.1, -0.05) is 0 Å². The lowest BCUT2D eigenvalue weighted by Gasteiger charge is -2.36. The highest BCUT2D eigenvalue weighted by Gasteiger charge is 2.28. The van der Waals surface area contributed by atoms with Gasteiger partial charge in [-0.25, -0.2) is 4.98 Å². The second-order valence-corrected chi connectivity index (χ2v) is 8.44. The van der Waals surface area contributed by atoms with Gasteiger partial charge >= 0.3 is 0 Å². The van der Waals surface area contributed by atoms with Gasteiger partial charge in [-0.15, -0.1) is 0 Å². The van der Waals surface area contributed by atoms with Crippen LogP contribution in [-0.2, 0) is 9.47 Å². The average Bonchev–Trinajstić information content (AvgIpc) is 3.43. The van der Waals surface area contributed by atoms with Crippen molar-refractivity contribution in [2.24, 2.45) is 0 Å². The van der Waals surface area contributed by atoms with Crippen LogP contribution in [0.3, 0.4) is 0 Å². The van der Waals surface area contributed by atoms with E-state index >= 15 is 0 Å². The van der Waals surface area contributed by atoms with Gasteiger partial charge in [0.1, 0.15) is 11.2 Å². The molecule has 2 saturated heterocycles. The largest absolute Gasteiger partial charge is 0.377 e. The van der Waals surface area contributed by atoms with Crippen molar-refractivity contribution in [2.75, 3.05) is 49.3 Å². The van der Waals surface area contributed by atoms with Gasteiger partial charge < -0.3 is 24.3 Å². The normalized spacial score (nSPS) is 22.2. The highest BCUT2D eigenvalue weighted by Crippen LogP contribution is 2.30. The fraction of sp³-hybridized carbons (Fsp3) is 0.455. The zero-order valence-electron chi connectivity index (χ0n) is 18.2. The van der Waals surface area contributed by atoms with E-state index in [9.17, 15) is 0 Å². The third kappa shape index (κ3) is 3.18. The number of hydrogen-bond donors (Lipinski definition) is 1. The Morgan fingerprint density at radius 1 is 0.969 bits per heavy atom. The summed E-state index contributed by atoms with van der Waals surface area (Å²) in [4.78, 5) is 27.3. The first-order chi connectivity index (χ1) is 15.7. The summed E-state index contributed by atoms with van der Waals surface area (Å²) in [6.07, 6.45) is 3.77. The second-order valence-electron chi connectivity index (χ2n) is 8.44. The van der Waals surface area contributed by atoms with Crippen molar-refractivity contribution < 1.29 is 9.47 Å². The summed E-state index contributed by atoms with van der Waals surface area (Å²) in [5, 5.41) is 1.06. The first kappa shape index (κ1) is 19.4. The van der Waals surface area contributed by atoms with Crippen LogP contribution in [0.25, 0.3) is 28.1 Å². The molecule has 0 bridgehead atoms. The molecule has 6 rings (SSSR count). The molecule has 10 nitrogen and oxygen atoms in total. The van der Waals surface area contributed by atoms with Crippen LogP contribution in [0, 0.1) is 0 Å². The number of rotatable bonds is 3. The molecule has 32 heavy (non-hydrogen) atoms. The summed E-state index contributed by atoms with van der Waals surface area (Å²) in [6.45, 7) is 8.50. The Hall–Kier alpha value is -3.24. The quantitative estimate of drug-likeness (QED) is 0.524. The monoisotopic (exact) mass is 434 g/mol. The molecule has 0 spiro atoms. The molecule has 1 N–H and O–H groups in total. The lowest BCUT2D eigenvalue weighted by molar-refractivity contribution is 0.0973. The molecule has 2 aliphatic rings. The molecule has 0 aromatic carbocycles. The molecule has 6 heterocycles. The van der Waals surface area contributed by atoms with E-state index in [1.807, 2.05) is 29.0 Å². The molecule has 4 aromatic rings. The minimum atomic E-state index is 0.201. The fourth-order valence-corrected chi connectivity index (χ4v) is 4.51. The molecule has 2 aliphatic heterocycles. The number of aromatic amines is 1. The van der Waals surface area contributed by atoms with Crippen molar-refractivity contribution >= 4 is 34.0 Å². The number of pyridine rings is 1. The van der Waals surface area contributed by atoms with Crippen molar-refractivity contribution in [1.82, 2.24) is 29.5 Å². The molecule has 0 radical (unpaired) electrons. The Bertz CT molecular complexity index is 1270. The number of morpholine rings is 2. The zero-order valence-corrected chi connectivity index (χ0v) is 18.2. The van der Waals surface area contributed by atoms with Crippen molar-refractivity contribution in [3.8, 4) is 5.95 Å². The van der Waals surface area contributed by atoms with Gasteiger partial charge in [0, 0.05) is 30.9 Å². The van der Waals surface area contributed by atoms with E-state index in [4.69, 9.17) is 24.4 Å². The minimum Gasteiger partial charge on any atom is -0.377 e. The Kier molecular flexibility index (Phi) is 4.69. The summed E-state index contributed by atoms with van der Waals surface area (Å²) in [6, 6.07) is 6.42. The summed E-state index contributed by atoms with van der Waals surface area (Å²) < 4.78 is 13.3. The predicted octanol–water partition coefficient (Wildman–Crippen LogP) is 2.14. The Balaban J connectivity index is 1.52. The van der Waals surface area contributed by atoms with Gasteiger partial charge in [0.25, 0.3) is 0 Å². The molecule has 0 aliphatic carbocycles. The van der Waals surface area contributed by atoms with Crippen LogP contribution in [0.1, 0.15) is 13.8 Å². The minimum absolute atomic E-state index is 0.201. The topological polar surface area (TPSA) is 97.2 Å². The number of anilines is 2. The summed E-state index contributed by atoms with van der Waals surface area (Å²) in [5.74, 6) is 2.23. The van der Waals surface area contributed by atoms with Crippen molar-refractivity contribution in [2.45, 2.75) is 25.9 Å².